The van der Waals surface area contributed by atoms with Gasteiger partial charge in [-0.1, -0.05) is 92.2 Å². The second-order valence-electron chi connectivity index (χ2n) is 13.4. The van der Waals surface area contributed by atoms with E-state index in [1.807, 2.05) is 69.3 Å². The van der Waals surface area contributed by atoms with Gasteiger partial charge in [-0.15, -0.1) is 0 Å². The fourth-order valence-corrected chi connectivity index (χ4v) is 7.08. The zero-order valence-corrected chi connectivity index (χ0v) is 30.6. The van der Waals surface area contributed by atoms with Crippen molar-refractivity contribution in [2.24, 2.45) is 23.7 Å². The molecule has 0 bridgehead atoms. The van der Waals surface area contributed by atoms with Crippen LogP contribution in [0.4, 0.5) is 0 Å². The van der Waals surface area contributed by atoms with Crippen LogP contribution in [0.5, 0.6) is 11.5 Å². The third-order valence-corrected chi connectivity index (χ3v) is 10.9. The van der Waals surface area contributed by atoms with Crippen molar-refractivity contribution in [1.82, 2.24) is 4.31 Å². The number of benzene rings is 3. The van der Waals surface area contributed by atoms with E-state index in [4.69, 9.17) is 9.47 Å². The average Bonchev–Trinajstić information content (AvgIpc) is 3.05. The molecule has 3 rings (SSSR count). The number of sulfonamides is 1. The average molecular weight is 688 g/mol. The van der Waals surface area contributed by atoms with Gasteiger partial charge in [0.05, 0.1) is 16.7 Å². The molecule has 0 amide bonds. The smallest absolute Gasteiger partial charge is 0.318 e. The molecular weight excluding hydrogens is 635 g/mol. The molecule has 0 aliphatic carbocycles. The molecule has 0 aliphatic rings. The first kappa shape index (κ1) is 39.4. The molecule has 264 valence electrons. The van der Waals surface area contributed by atoms with Gasteiger partial charge in [-0.2, -0.15) is 4.31 Å². The minimum atomic E-state index is -3.74. The molecule has 4 unspecified atom stereocenters. The minimum Gasteiger partial charge on any atom is -0.426 e. The summed E-state index contributed by atoms with van der Waals surface area (Å²) in [5.74, 6) is -0.220. The molecule has 0 spiro atoms. The first-order chi connectivity index (χ1) is 23.3. The van der Waals surface area contributed by atoms with E-state index < -0.39 is 21.9 Å². The number of esters is 2. The Labute approximate surface area is 294 Å². The number of carbonyl (C=O) groups is 2. The van der Waals surface area contributed by atoms with Crippen molar-refractivity contribution >= 4 is 22.0 Å². The molecule has 0 N–H and O–H groups in total. The molecule has 0 heterocycles. The first-order valence-electron chi connectivity index (χ1n) is 17.2. The number of hydrogen-bond acceptors (Lipinski definition) is 6. The van der Waals surface area contributed by atoms with Gasteiger partial charge in [0.1, 0.15) is 11.5 Å². The molecule has 49 heavy (non-hydrogen) atoms. The Morgan fingerprint density at radius 3 is 1.39 bits per heavy atom. The lowest BCUT2D eigenvalue weighted by Crippen LogP contribution is -2.34. The molecule has 3 aromatic carbocycles. The van der Waals surface area contributed by atoms with Gasteiger partial charge in [0.15, 0.2) is 0 Å². The summed E-state index contributed by atoms with van der Waals surface area (Å²) in [6.45, 7) is 18.5. The van der Waals surface area contributed by atoms with Gasteiger partial charge < -0.3 is 9.47 Å². The summed E-state index contributed by atoms with van der Waals surface area (Å²) in [5.41, 5.74) is 2.48. The second-order valence-corrected chi connectivity index (χ2v) is 15.4. The van der Waals surface area contributed by atoms with Gasteiger partial charge in [0, 0.05) is 13.1 Å². The predicted octanol–water partition coefficient (Wildman–Crippen LogP) is 9.19. The Bertz CT molecular complexity index is 1530. The lowest BCUT2D eigenvalue weighted by atomic mass is 9.90. The summed E-state index contributed by atoms with van der Waals surface area (Å²) in [7, 11) is -3.74. The largest absolute Gasteiger partial charge is 0.426 e. The standard InChI is InChI=1S/C41H53NO6S/c1-30(2)38(40(43)47-35-14-10-8-11-15-35)24-20-33(6)26-28-42(49(45,46)37-22-18-32(5)19-23-37)29-27-34(7)21-25-39(31(3)4)41(44)48-36-16-12-9-13-17-36/h8-19,22-23,33-34,38-39H,1,3,20-21,24-29H2,2,4-7H3. The third kappa shape index (κ3) is 12.8. The van der Waals surface area contributed by atoms with E-state index in [-0.39, 0.29) is 28.7 Å². The Kier molecular flexibility index (Phi) is 15.5. The van der Waals surface area contributed by atoms with Crippen LogP contribution in [-0.2, 0) is 19.6 Å². The number of hydrogen-bond donors (Lipinski definition) is 0. The fraction of sp³-hybridized carbons (Fsp3) is 0.415. The molecule has 0 aromatic heterocycles. The van der Waals surface area contributed by atoms with Crippen molar-refractivity contribution in [3.8, 4) is 11.5 Å². The molecule has 0 aliphatic heterocycles. The van der Waals surface area contributed by atoms with Gasteiger partial charge in [-0.05, 0) is 108 Å². The maximum absolute atomic E-state index is 13.9. The molecule has 0 fully saturated rings. The molecule has 7 nitrogen and oxygen atoms in total. The Hall–Kier alpha value is -4.01. The number of nitrogens with zero attached hydrogens (tertiary/aromatic N) is 1. The third-order valence-electron chi connectivity index (χ3n) is 8.98. The molecule has 8 heteroatoms. The van der Waals surface area contributed by atoms with E-state index in [2.05, 4.69) is 27.0 Å². The summed E-state index contributed by atoms with van der Waals surface area (Å²) in [6, 6.07) is 25.0. The fourth-order valence-electron chi connectivity index (χ4n) is 5.61. The Balaban J connectivity index is 1.62. The number of rotatable bonds is 20. The Morgan fingerprint density at radius 1 is 0.633 bits per heavy atom. The summed E-state index contributed by atoms with van der Waals surface area (Å²) >= 11 is 0. The van der Waals surface area contributed by atoms with Crippen LogP contribution in [0.2, 0.25) is 0 Å². The number of carbonyl (C=O) groups excluding carboxylic acids is 2. The first-order valence-corrected chi connectivity index (χ1v) is 18.6. The van der Waals surface area contributed by atoms with Crippen molar-refractivity contribution in [1.29, 1.82) is 0 Å². The maximum Gasteiger partial charge on any atom is 0.318 e. The highest BCUT2D eigenvalue weighted by atomic mass is 32.2. The summed E-state index contributed by atoms with van der Waals surface area (Å²) in [4.78, 5) is 26.2. The topological polar surface area (TPSA) is 90.0 Å². The number of ether oxygens (including phenoxy) is 2. The minimum absolute atomic E-state index is 0.159. The quantitative estimate of drug-likeness (QED) is 0.0669. The van der Waals surface area contributed by atoms with Crippen LogP contribution in [0, 0.1) is 30.6 Å². The highest BCUT2D eigenvalue weighted by molar-refractivity contribution is 7.89. The monoisotopic (exact) mass is 687 g/mol. The van der Waals surface area contributed by atoms with Crippen LogP contribution in [0.15, 0.2) is 114 Å². The van der Waals surface area contributed by atoms with Crippen molar-refractivity contribution in [2.75, 3.05) is 13.1 Å². The second kappa shape index (κ2) is 19.2. The van der Waals surface area contributed by atoms with E-state index in [0.29, 0.717) is 50.3 Å². The van der Waals surface area contributed by atoms with E-state index in [1.54, 1.807) is 40.7 Å². The zero-order valence-electron chi connectivity index (χ0n) is 29.8. The SMILES string of the molecule is C=C(C)C(CCC(C)CCN(CCC(C)CCC(C(=C)C)C(=O)Oc1ccccc1)S(=O)(=O)c1ccc(C)cc1)C(=O)Oc1ccccc1. The van der Waals surface area contributed by atoms with Crippen LogP contribution in [0.3, 0.4) is 0 Å². The molecule has 3 aromatic rings. The van der Waals surface area contributed by atoms with Gasteiger partial charge in [0.2, 0.25) is 10.0 Å². The van der Waals surface area contributed by atoms with E-state index in [9.17, 15) is 18.0 Å². The molecule has 4 atom stereocenters. The molecule has 0 saturated heterocycles. The van der Waals surface area contributed by atoms with Crippen LogP contribution in [-0.4, -0.2) is 37.8 Å². The van der Waals surface area contributed by atoms with Crippen molar-refractivity contribution in [2.45, 2.75) is 78.0 Å². The summed E-state index contributed by atoms with van der Waals surface area (Å²) < 4.78 is 40.5. The summed E-state index contributed by atoms with van der Waals surface area (Å²) in [5, 5.41) is 0. The van der Waals surface area contributed by atoms with Gasteiger partial charge >= 0.3 is 11.9 Å². The highest BCUT2D eigenvalue weighted by Crippen LogP contribution is 2.27. The molecular formula is C41H53NO6S. The van der Waals surface area contributed by atoms with Gasteiger partial charge in [0.25, 0.3) is 0 Å². The number of aryl methyl sites for hydroxylation is 1. The van der Waals surface area contributed by atoms with Crippen molar-refractivity contribution < 1.29 is 27.5 Å². The van der Waals surface area contributed by atoms with Crippen LogP contribution in [0.25, 0.3) is 0 Å². The van der Waals surface area contributed by atoms with Crippen LogP contribution < -0.4 is 9.47 Å². The molecule has 0 saturated carbocycles. The lowest BCUT2D eigenvalue weighted by molar-refractivity contribution is -0.138. The van der Waals surface area contributed by atoms with E-state index in [0.717, 1.165) is 29.6 Å². The van der Waals surface area contributed by atoms with E-state index >= 15 is 0 Å². The summed E-state index contributed by atoms with van der Waals surface area (Å²) in [6.07, 6.45) is 3.86. The number of para-hydroxylation sites is 2. The van der Waals surface area contributed by atoms with Gasteiger partial charge in [-0.25, -0.2) is 8.42 Å². The lowest BCUT2D eigenvalue weighted by Gasteiger charge is -2.26. The van der Waals surface area contributed by atoms with Crippen LogP contribution in [0.1, 0.15) is 71.8 Å². The van der Waals surface area contributed by atoms with Crippen molar-refractivity contribution in [3.63, 3.8) is 0 Å². The molecule has 0 radical (unpaired) electrons. The highest BCUT2D eigenvalue weighted by Gasteiger charge is 2.28. The zero-order chi connectivity index (χ0) is 36.0. The Morgan fingerprint density at radius 2 is 1.02 bits per heavy atom. The van der Waals surface area contributed by atoms with Crippen molar-refractivity contribution in [3.05, 3.63) is 115 Å². The van der Waals surface area contributed by atoms with E-state index in [1.165, 1.54) is 0 Å². The normalized spacial score (nSPS) is 14.0. The van der Waals surface area contributed by atoms with Gasteiger partial charge in [-0.3, -0.25) is 9.59 Å². The van der Waals surface area contributed by atoms with Crippen LogP contribution >= 0.6 is 0 Å². The maximum atomic E-state index is 13.9. The predicted molar refractivity (Wildman–Crippen MR) is 197 cm³/mol.